The lowest BCUT2D eigenvalue weighted by molar-refractivity contribution is -0.383. The molecule has 0 fully saturated rings. The monoisotopic (exact) mass is 214 g/mol. The standard InChI is InChI=1S/C12H10N2O2/c1-2-4-9-7-13-8-10-5-3-6-11(12(9)10)14(15)16/h2-3,5-8H,1,4H2. The van der Waals surface area contributed by atoms with Crippen LogP contribution in [0, 0.1) is 10.1 Å². The summed E-state index contributed by atoms with van der Waals surface area (Å²) in [4.78, 5) is 14.6. The highest BCUT2D eigenvalue weighted by molar-refractivity contribution is 5.93. The van der Waals surface area contributed by atoms with E-state index in [1.54, 1.807) is 24.5 Å². The predicted molar refractivity (Wildman–Crippen MR) is 62.3 cm³/mol. The van der Waals surface area contributed by atoms with Crippen LogP contribution in [0.5, 0.6) is 0 Å². The van der Waals surface area contributed by atoms with Gasteiger partial charge in [0.1, 0.15) is 0 Å². The van der Waals surface area contributed by atoms with Crippen molar-refractivity contribution < 1.29 is 4.92 Å². The van der Waals surface area contributed by atoms with Crippen LogP contribution in [-0.2, 0) is 6.42 Å². The molecule has 0 amide bonds. The lowest BCUT2D eigenvalue weighted by atomic mass is 10.0. The van der Waals surface area contributed by atoms with Gasteiger partial charge in [-0.2, -0.15) is 0 Å². The van der Waals surface area contributed by atoms with Gasteiger partial charge in [-0.25, -0.2) is 0 Å². The van der Waals surface area contributed by atoms with Crippen molar-refractivity contribution in [3.8, 4) is 0 Å². The second kappa shape index (κ2) is 4.10. The van der Waals surface area contributed by atoms with E-state index in [0.717, 1.165) is 10.9 Å². The lowest BCUT2D eigenvalue weighted by Crippen LogP contribution is -1.94. The first-order valence-corrected chi connectivity index (χ1v) is 4.85. The fourth-order valence-corrected chi connectivity index (χ4v) is 1.75. The fraction of sp³-hybridized carbons (Fsp3) is 0.0833. The second-order valence-corrected chi connectivity index (χ2v) is 3.42. The molecular weight excluding hydrogens is 204 g/mol. The van der Waals surface area contributed by atoms with Gasteiger partial charge in [-0.15, -0.1) is 6.58 Å². The Balaban J connectivity index is 2.81. The van der Waals surface area contributed by atoms with Crippen molar-refractivity contribution >= 4 is 16.5 Å². The van der Waals surface area contributed by atoms with E-state index < -0.39 is 0 Å². The van der Waals surface area contributed by atoms with Gasteiger partial charge in [0.15, 0.2) is 0 Å². The Morgan fingerprint density at radius 1 is 1.44 bits per heavy atom. The Kier molecular flexibility index (Phi) is 2.64. The van der Waals surface area contributed by atoms with E-state index in [9.17, 15) is 10.1 Å². The Labute approximate surface area is 92.4 Å². The van der Waals surface area contributed by atoms with Crippen molar-refractivity contribution in [1.82, 2.24) is 4.98 Å². The maximum Gasteiger partial charge on any atom is 0.277 e. The fourth-order valence-electron chi connectivity index (χ4n) is 1.75. The van der Waals surface area contributed by atoms with Crippen molar-refractivity contribution in [2.75, 3.05) is 0 Å². The molecule has 2 aromatic rings. The van der Waals surface area contributed by atoms with Gasteiger partial charge in [0.2, 0.25) is 0 Å². The van der Waals surface area contributed by atoms with Gasteiger partial charge < -0.3 is 0 Å². The number of nitro groups is 1. The Bertz CT molecular complexity index is 559. The molecule has 0 saturated carbocycles. The molecule has 16 heavy (non-hydrogen) atoms. The lowest BCUT2D eigenvalue weighted by Gasteiger charge is -2.03. The van der Waals surface area contributed by atoms with E-state index in [1.807, 2.05) is 6.07 Å². The van der Waals surface area contributed by atoms with Crippen LogP contribution in [0.3, 0.4) is 0 Å². The van der Waals surface area contributed by atoms with E-state index in [0.29, 0.717) is 11.8 Å². The van der Waals surface area contributed by atoms with E-state index in [2.05, 4.69) is 11.6 Å². The molecule has 1 aromatic heterocycles. The van der Waals surface area contributed by atoms with Gasteiger partial charge >= 0.3 is 0 Å². The molecule has 0 aliphatic heterocycles. The summed E-state index contributed by atoms with van der Waals surface area (Å²) in [6.45, 7) is 3.64. The summed E-state index contributed by atoms with van der Waals surface area (Å²) >= 11 is 0. The van der Waals surface area contributed by atoms with Crippen molar-refractivity contribution in [2.24, 2.45) is 0 Å². The van der Waals surface area contributed by atoms with Crippen LogP contribution in [-0.4, -0.2) is 9.91 Å². The maximum atomic E-state index is 10.9. The average Bonchev–Trinajstić information content (AvgIpc) is 2.29. The smallest absolute Gasteiger partial charge is 0.264 e. The zero-order chi connectivity index (χ0) is 11.5. The molecule has 0 radical (unpaired) electrons. The summed E-state index contributed by atoms with van der Waals surface area (Å²) in [5, 5.41) is 12.4. The third-order valence-electron chi connectivity index (χ3n) is 2.40. The molecule has 0 spiro atoms. The average molecular weight is 214 g/mol. The van der Waals surface area contributed by atoms with Gasteiger partial charge in [0.05, 0.1) is 10.3 Å². The molecule has 1 heterocycles. The number of pyridine rings is 1. The molecule has 80 valence electrons. The van der Waals surface area contributed by atoms with Gasteiger partial charge in [-0.05, 0) is 12.0 Å². The molecule has 2 rings (SSSR count). The van der Waals surface area contributed by atoms with Crippen molar-refractivity contribution in [1.29, 1.82) is 0 Å². The zero-order valence-corrected chi connectivity index (χ0v) is 8.59. The minimum absolute atomic E-state index is 0.122. The van der Waals surface area contributed by atoms with E-state index in [4.69, 9.17) is 0 Å². The normalized spacial score (nSPS) is 10.2. The first-order chi connectivity index (χ1) is 7.74. The predicted octanol–water partition coefficient (Wildman–Crippen LogP) is 2.87. The molecule has 1 aromatic carbocycles. The van der Waals surface area contributed by atoms with Crippen LogP contribution in [0.1, 0.15) is 5.56 Å². The third-order valence-corrected chi connectivity index (χ3v) is 2.40. The van der Waals surface area contributed by atoms with E-state index >= 15 is 0 Å². The van der Waals surface area contributed by atoms with Crippen molar-refractivity contribution in [2.45, 2.75) is 6.42 Å². The molecule has 0 saturated heterocycles. The number of fused-ring (bicyclic) bond motifs is 1. The number of benzene rings is 1. The minimum Gasteiger partial charge on any atom is -0.264 e. The number of non-ortho nitro benzene ring substituents is 1. The van der Waals surface area contributed by atoms with Crippen LogP contribution >= 0.6 is 0 Å². The molecular formula is C12H10N2O2. The van der Waals surface area contributed by atoms with Gasteiger partial charge in [0.25, 0.3) is 5.69 Å². The quantitative estimate of drug-likeness (QED) is 0.448. The number of aromatic nitrogens is 1. The molecule has 0 unspecified atom stereocenters. The summed E-state index contributed by atoms with van der Waals surface area (Å²) in [6, 6.07) is 5.00. The summed E-state index contributed by atoms with van der Waals surface area (Å²) in [5.41, 5.74) is 0.955. The first kappa shape index (κ1) is 10.3. The van der Waals surface area contributed by atoms with Crippen LogP contribution in [0.15, 0.2) is 43.2 Å². The highest BCUT2D eigenvalue weighted by Gasteiger charge is 2.14. The largest absolute Gasteiger partial charge is 0.277 e. The molecule has 4 nitrogen and oxygen atoms in total. The highest BCUT2D eigenvalue weighted by atomic mass is 16.6. The summed E-state index contributed by atoms with van der Waals surface area (Å²) in [6.07, 6.45) is 5.58. The molecule has 0 bridgehead atoms. The number of rotatable bonds is 3. The number of hydrogen-bond donors (Lipinski definition) is 0. The number of hydrogen-bond acceptors (Lipinski definition) is 3. The van der Waals surface area contributed by atoms with Crippen LogP contribution in [0.25, 0.3) is 10.8 Å². The summed E-state index contributed by atoms with van der Waals surface area (Å²) in [7, 11) is 0. The molecule has 0 atom stereocenters. The van der Waals surface area contributed by atoms with Crippen molar-refractivity contribution in [3.63, 3.8) is 0 Å². The number of nitro benzene ring substituents is 1. The van der Waals surface area contributed by atoms with Gasteiger partial charge in [0, 0.05) is 23.8 Å². The number of allylic oxidation sites excluding steroid dienone is 1. The molecule has 4 heteroatoms. The topological polar surface area (TPSA) is 56.0 Å². The molecule has 0 aliphatic carbocycles. The van der Waals surface area contributed by atoms with Crippen LogP contribution in [0.4, 0.5) is 5.69 Å². The minimum atomic E-state index is -0.366. The number of nitrogens with zero attached hydrogens (tertiary/aromatic N) is 2. The Morgan fingerprint density at radius 3 is 2.94 bits per heavy atom. The first-order valence-electron chi connectivity index (χ1n) is 4.85. The third kappa shape index (κ3) is 1.65. The summed E-state index contributed by atoms with van der Waals surface area (Å²) < 4.78 is 0. The highest BCUT2D eigenvalue weighted by Crippen LogP contribution is 2.28. The van der Waals surface area contributed by atoms with Crippen LogP contribution < -0.4 is 0 Å². The Hall–Kier alpha value is -2.23. The van der Waals surface area contributed by atoms with Gasteiger partial charge in [-0.1, -0.05) is 18.2 Å². The van der Waals surface area contributed by atoms with Crippen molar-refractivity contribution in [3.05, 3.63) is 58.9 Å². The van der Waals surface area contributed by atoms with Crippen LogP contribution in [0.2, 0.25) is 0 Å². The summed E-state index contributed by atoms with van der Waals surface area (Å²) in [5.74, 6) is 0. The second-order valence-electron chi connectivity index (χ2n) is 3.42. The van der Waals surface area contributed by atoms with E-state index in [1.165, 1.54) is 6.07 Å². The van der Waals surface area contributed by atoms with Gasteiger partial charge in [-0.3, -0.25) is 15.1 Å². The Morgan fingerprint density at radius 2 is 2.25 bits per heavy atom. The van der Waals surface area contributed by atoms with E-state index in [-0.39, 0.29) is 10.6 Å². The molecule has 0 N–H and O–H groups in total. The zero-order valence-electron chi connectivity index (χ0n) is 8.59. The SMILES string of the molecule is C=CCc1cncc2cccc([N+](=O)[O-])c12. The molecule has 0 aliphatic rings. The maximum absolute atomic E-state index is 10.9.